The van der Waals surface area contributed by atoms with Crippen molar-refractivity contribution < 1.29 is 14.7 Å². The van der Waals surface area contributed by atoms with E-state index in [1.165, 1.54) is 0 Å². The van der Waals surface area contributed by atoms with Gasteiger partial charge in [-0.1, -0.05) is 6.08 Å². The van der Waals surface area contributed by atoms with E-state index in [0.717, 1.165) is 0 Å². The van der Waals surface area contributed by atoms with Crippen molar-refractivity contribution in [1.82, 2.24) is 9.80 Å². The molecule has 2 atom stereocenters. The number of carbonyl (C=O) groups excluding carboxylic acids is 1. The third-order valence-electron chi connectivity index (χ3n) is 3.67. The number of piperidine rings is 1. The molecular formula is C14H24N2O3. The summed E-state index contributed by atoms with van der Waals surface area (Å²) in [5.74, 6) is -1.09. The molecule has 108 valence electrons. The van der Waals surface area contributed by atoms with Gasteiger partial charge >= 0.3 is 12.0 Å². The van der Waals surface area contributed by atoms with Crippen molar-refractivity contribution in [1.29, 1.82) is 0 Å². The maximum Gasteiger partial charge on any atom is 0.320 e. The van der Waals surface area contributed by atoms with Crippen LogP contribution in [0.2, 0.25) is 0 Å². The molecule has 0 spiro atoms. The van der Waals surface area contributed by atoms with Gasteiger partial charge in [0.15, 0.2) is 0 Å². The van der Waals surface area contributed by atoms with Crippen molar-refractivity contribution in [2.75, 3.05) is 13.1 Å². The first-order chi connectivity index (χ1) is 8.88. The Morgan fingerprint density at radius 2 is 2.16 bits per heavy atom. The molecule has 5 heteroatoms. The lowest BCUT2D eigenvalue weighted by Crippen LogP contribution is -2.53. The molecule has 2 unspecified atom stereocenters. The van der Waals surface area contributed by atoms with E-state index in [-0.39, 0.29) is 24.0 Å². The van der Waals surface area contributed by atoms with Crippen LogP contribution in [0.15, 0.2) is 12.7 Å². The van der Waals surface area contributed by atoms with Crippen molar-refractivity contribution in [3.63, 3.8) is 0 Å². The molecule has 1 aliphatic rings. The summed E-state index contributed by atoms with van der Waals surface area (Å²) in [6, 6.07) is 0.0505. The summed E-state index contributed by atoms with van der Waals surface area (Å²) in [7, 11) is 0. The van der Waals surface area contributed by atoms with E-state index >= 15 is 0 Å². The number of aliphatic carboxylic acids is 1. The van der Waals surface area contributed by atoms with Gasteiger partial charge in [0, 0.05) is 25.2 Å². The first kappa shape index (κ1) is 15.5. The highest BCUT2D eigenvalue weighted by Crippen LogP contribution is 2.24. The summed E-state index contributed by atoms with van der Waals surface area (Å²) in [5, 5.41) is 9.04. The summed E-state index contributed by atoms with van der Waals surface area (Å²) < 4.78 is 0. The van der Waals surface area contributed by atoms with Gasteiger partial charge in [-0.15, -0.1) is 6.58 Å². The fourth-order valence-electron chi connectivity index (χ4n) is 2.49. The fraction of sp³-hybridized carbons (Fsp3) is 0.714. The second-order valence-electron chi connectivity index (χ2n) is 5.42. The number of carboxylic acids is 1. The number of hydrogen-bond donors (Lipinski definition) is 1. The average Bonchev–Trinajstić information content (AvgIpc) is 2.34. The van der Waals surface area contributed by atoms with Crippen LogP contribution in [-0.4, -0.2) is 52.1 Å². The van der Waals surface area contributed by atoms with E-state index in [0.29, 0.717) is 25.9 Å². The maximum absolute atomic E-state index is 12.5. The van der Waals surface area contributed by atoms with E-state index < -0.39 is 5.97 Å². The Labute approximate surface area is 114 Å². The van der Waals surface area contributed by atoms with Gasteiger partial charge in [-0.25, -0.2) is 4.79 Å². The van der Waals surface area contributed by atoms with Crippen molar-refractivity contribution in [3.8, 4) is 0 Å². The molecule has 1 rings (SSSR count). The summed E-state index contributed by atoms with van der Waals surface area (Å²) >= 11 is 0. The highest BCUT2D eigenvalue weighted by molar-refractivity contribution is 5.76. The molecule has 1 N–H and O–H groups in total. The minimum absolute atomic E-state index is 0.0220. The van der Waals surface area contributed by atoms with E-state index in [2.05, 4.69) is 6.58 Å². The lowest BCUT2D eigenvalue weighted by molar-refractivity contribution is -0.143. The van der Waals surface area contributed by atoms with E-state index in [4.69, 9.17) is 5.11 Å². The number of rotatable bonds is 4. The Balaban J connectivity index is 2.72. The van der Waals surface area contributed by atoms with Crippen LogP contribution < -0.4 is 0 Å². The molecule has 0 saturated carbocycles. The molecule has 1 heterocycles. The quantitative estimate of drug-likeness (QED) is 0.795. The molecular weight excluding hydrogens is 244 g/mol. The van der Waals surface area contributed by atoms with Crippen molar-refractivity contribution in [3.05, 3.63) is 12.7 Å². The number of nitrogens with zero attached hydrogens (tertiary/aromatic N) is 2. The van der Waals surface area contributed by atoms with Crippen LogP contribution in [0.25, 0.3) is 0 Å². The summed E-state index contributed by atoms with van der Waals surface area (Å²) in [4.78, 5) is 27.0. The fourth-order valence-corrected chi connectivity index (χ4v) is 2.49. The standard InChI is InChI=1S/C14H24N2O3/c1-5-7-15(10(2)3)14(19)16-8-6-12(13(17)18)9-11(16)4/h5,10-12H,1,6-9H2,2-4H3,(H,17,18). The van der Waals surface area contributed by atoms with Gasteiger partial charge in [0.05, 0.1) is 5.92 Å². The van der Waals surface area contributed by atoms with E-state index in [1.807, 2.05) is 20.8 Å². The zero-order chi connectivity index (χ0) is 14.6. The molecule has 1 aliphatic heterocycles. The lowest BCUT2D eigenvalue weighted by Gasteiger charge is -2.40. The smallest absolute Gasteiger partial charge is 0.320 e. The lowest BCUT2D eigenvalue weighted by atomic mass is 9.92. The van der Waals surface area contributed by atoms with Gasteiger partial charge in [-0.3, -0.25) is 4.79 Å². The highest BCUT2D eigenvalue weighted by Gasteiger charge is 2.34. The van der Waals surface area contributed by atoms with Gasteiger partial charge in [-0.05, 0) is 33.6 Å². The largest absolute Gasteiger partial charge is 0.481 e. The Hall–Kier alpha value is -1.52. The van der Waals surface area contributed by atoms with E-state index in [9.17, 15) is 9.59 Å². The van der Waals surface area contributed by atoms with Crippen LogP contribution >= 0.6 is 0 Å². The van der Waals surface area contributed by atoms with Crippen LogP contribution in [0.1, 0.15) is 33.6 Å². The monoisotopic (exact) mass is 268 g/mol. The normalized spacial score (nSPS) is 23.3. The maximum atomic E-state index is 12.5. The Kier molecular flexibility index (Phi) is 5.39. The Bertz CT molecular complexity index is 355. The number of urea groups is 1. The summed E-state index contributed by atoms with van der Waals surface area (Å²) in [6.07, 6.45) is 2.78. The Morgan fingerprint density at radius 3 is 2.58 bits per heavy atom. The van der Waals surface area contributed by atoms with Gasteiger partial charge in [0.25, 0.3) is 0 Å². The zero-order valence-corrected chi connectivity index (χ0v) is 12.0. The van der Waals surface area contributed by atoms with Crippen LogP contribution in [0.4, 0.5) is 4.79 Å². The zero-order valence-electron chi connectivity index (χ0n) is 12.0. The molecule has 19 heavy (non-hydrogen) atoms. The average molecular weight is 268 g/mol. The van der Waals surface area contributed by atoms with E-state index in [1.54, 1.807) is 15.9 Å². The second kappa shape index (κ2) is 6.59. The molecule has 0 aliphatic carbocycles. The molecule has 5 nitrogen and oxygen atoms in total. The molecule has 0 aromatic heterocycles. The predicted molar refractivity (Wildman–Crippen MR) is 74.0 cm³/mol. The SMILES string of the molecule is C=CCN(C(=O)N1CCC(C(=O)O)CC1C)C(C)C. The summed E-state index contributed by atoms with van der Waals surface area (Å²) in [5.41, 5.74) is 0. The first-order valence-corrected chi connectivity index (χ1v) is 6.79. The topological polar surface area (TPSA) is 60.9 Å². The molecule has 0 aromatic carbocycles. The van der Waals surface area contributed by atoms with Crippen molar-refractivity contribution in [2.24, 2.45) is 5.92 Å². The highest BCUT2D eigenvalue weighted by atomic mass is 16.4. The molecule has 1 fully saturated rings. The van der Waals surface area contributed by atoms with Crippen LogP contribution in [-0.2, 0) is 4.79 Å². The molecule has 0 aromatic rings. The van der Waals surface area contributed by atoms with Gasteiger partial charge < -0.3 is 14.9 Å². The number of carbonyl (C=O) groups is 2. The minimum Gasteiger partial charge on any atom is -0.481 e. The van der Waals surface area contributed by atoms with Gasteiger partial charge in [0.2, 0.25) is 0 Å². The number of amides is 2. The summed E-state index contributed by atoms with van der Waals surface area (Å²) in [6.45, 7) is 10.6. The second-order valence-corrected chi connectivity index (χ2v) is 5.42. The van der Waals surface area contributed by atoms with Crippen molar-refractivity contribution in [2.45, 2.75) is 45.7 Å². The number of likely N-dealkylation sites (tertiary alicyclic amines) is 1. The first-order valence-electron chi connectivity index (χ1n) is 6.79. The van der Waals surface area contributed by atoms with Crippen molar-refractivity contribution >= 4 is 12.0 Å². The molecule has 2 amide bonds. The minimum atomic E-state index is -0.759. The van der Waals surface area contributed by atoms with Crippen LogP contribution in [0, 0.1) is 5.92 Å². The Morgan fingerprint density at radius 1 is 1.53 bits per heavy atom. The molecule has 0 bridgehead atoms. The molecule has 0 radical (unpaired) electrons. The molecule has 1 saturated heterocycles. The van der Waals surface area contributed by atoms with Crippen LogP contribution in [0.3, 0.4) is 0 Å². The van der Waals surface area contributed by atoms with Gasteiger partial charge in [-0.2, -0.15) is 0 Å². The number of carboxylic acid groups (broad SMARTS) is 1. The predicted octanol–water partition coefficient (Wildman–Crippen LogP) is 2.19. The van der Waals surface area contributed by atoms with Gasteiger partial charge in [0.1, 0.15) is 0 Å². The van der Waals surface area contributed by atoms with Crippen LogP contribution in [0.5, 0.6) is 0 Å². The third-order valence-corrected chi connectivity index (χ3v) is 3.67. The number of hydrogen-bond acceptors (Lipinski definition) is 2. The third kappa shape index (κ3) is 3.72.